The lowest BCUT2D eigenvalue weighted by Crippen LogP contribution is -2.24. The summed E-state index contributed by atoms with van der Waals surface area (Å²) in [6.07, 6.45) is 9.00. The third kappa shape index (κ3) is 3.98. The lowest BCUT2D eigenvalue weighted by Gasteiger charge is -2.31. The van der Waals surface area contributed by atoms with E-state index in [0.717, 1.165) is 0 Å². The normalized spacial score (nSPS) is 15.5. The van der Waals surface area contributed by atoms with Crippen LogP contribution in [0.5, 0.6) is 0 Å². The van der Waals surface area contributed by atoms with E-state index < -0.39 is 0 Å². The Labute approximate surface area is 261 Å². The second-order valence-corrected chi connectivity index (χ2v) is 13.4. The molecule has 0 N–H and O–H groups in total. The van der Waals surface area contributed by atoms with E-state index in [0.29, 0.717) is 0 Å². The Bertz CT molecular complexity index is 2140. The van der Waals surface area contributed by atoms with Crippen molar-refractivity contribution in [2.45, 2.75) is 38.5 Å². The zero-order valence-corrected chi connectivity index (χ0v) is 25.9. The Morgan fingerprint density at radius 1 is 0.409 bits per heavy atom. The van der Waals surface area contributed by atoms with Gasteiger partial charge in [-0.25, -0.2) is 0 Å². The minimum absolute atomic E-state index is 0.113. The summed E-state index contributed by atoms with van der Waals surface area (Å²) in [4.78, 5) is 0. The molecule has 2 aliphatic carbocycles. The van der Waals surface area contributed by atoms with E-state index >= 15 is 0 Å². The maximum absolute atomic E-state index is 2.46. The van der Waals surface area contributed by atoms with Crippen LogP contribution in [0.3, 0.4) is 0 Å². The highest BCUT2D eigenvalue weighted by Gasteiger charge is 2.46. The first-order valence-corrected chi connectivity index (χ1v) is 15.7. The molecule has 0 bridgehead atoms. The van der Waals surface area contributed by atoms with Gasteiger partial charge in [-0.2, -0.15) is 0 Å². The van der Waals surface area contributed by atoms with Gasteiger partial charge in [-0.1, -0.05) is 167 Å². The van der Waals surface area contributed by atoms with Crippen LogP contribution in [0.1, 0.15) is 72.2 Å². The zero-order chi connectivity index (χ0) is 30.1. The van der Waals surface area contributed by atoms with Crippen LogP contribution >= 0.6 is 0 Å². The molecule has 0 nitrogen and oxygen atoms in total. The van der Waals surface area contributed by atoms with Crippen molar-refractivity contribution >= 4 is 35.1 Å². The maximum Gasteiger partial charge on any atom is 0.0162 e. The third-order valence-electron chi connectivity index (χ3n) is 10.0. The molecule has 0 aromatic heterocycles. The van der Waals surface area contributed by atoms with Crippen LogP contribution in [-0.2, 0) is 10.8 Å². The third-order valence-corrected chi connectivity index (χ3v) is 10.0. The van der Waals surface area contributed by atoms with E-state index in [1.807, 2.05) is 0 Å². The number of hydrogen-bond donors (Lipinski definition) is 0. The highest BCUT2D eigenvalue weighted by molar-refractivity contribution is 6.07. The van der Waals surface area contributed by atoms with Gasteiger partial charge in [0.25, 0.3) is 0 Å². The largest absolute Gasteiger partial charge is 0.0622 e. The van der Waals surface area contributed by atoms with Crippen LogP contribution in [0.15, 0.2) is 121 Å². The molecule has 0 saturated carbocycles. The number of rotatable bonds is 4. The number of hydrogen-bond acceptors (Lipinski definition) is 0. The Balaban J connectivity index is 1.28. The lowest BCUT2D eigenvalue weighted by molar-refractivity contribution is 0.601. The first kappa shape index (κ1) is 26.7. The van der Waals surface area contributed by atoms with Gasteiger partial charge >= 0.3 is 0 Å². The average Bonchev–Trinajstić information content (AvgIpc) is 3.42. The fraction of sp³-hybridized carbons (Fsp3) is 0.136. The molecule has 0 aliphatic heterocycles. The molecule has 8 rings (SSSR count). The molecule has 0 heterocycles. The molecule has 0 atom stereocenters. The summed E-state index contributed by atoms with van der Waals surface area (Å²) in [6, 6.07) is 44.4. The van der Waals surface area contributed by atoms with Gasteiger partial charge in [-0.05, 0) is 83.6 Å². The highest BCUT2D eigenvalue weighted by atomic mass is 14.5. The van der Waals surface area contributed by atoms with Crippen molar-refractivity contribution in [3.05, 3.63) is 166 Å². The molecule has 6 aromatic carbocycles. The molecule has 0 saturated heterocycles. The minimum atomic E-state index is -0.134. The van der Waals surface area contributed by atoms with Gasteiger partial charge in [0.1, 0.15) is 0 Å². The second kappa shape index (κ2) is 9.79. The zero-order valence-electron chi connectivity index (χ0n) is 25.9. The van der Waals surface area contributed by atoms with Gasteiger partial charge in [0, 0.05) is 10.8 Å². The molecule has 6 aromatic rings. The van der Waals surface area contributed by atoms with E-state index in [1.54, 1.807) is 0 Å². The monoisotopic (exact) mass is 564 g/mol. The Morgan fingerprint density at radius 3 is 1.64 bits per heavy atom. The first-order chi connectivity index (χ1) is 21.3. The molecule has 0 fully saturated rings. The summed E-state index contributed by atoms with van der Waals surface area (Å²) in [7, 11) is 0. The van der Waals surface area contributed by atoms with E-state index in [-0.39, 0.29) is 10.8 Å². The predicted molar refractivity (Wildman–Crippen MR) is 190 cm³/mol. The summed E-state index contributed by atoms with van der Waals surface area (Å²) < 4.78 is 0. The minimum Gasteiger partial charge on any atom is -0.0622 e. The van der Waals surface area contributed by atoms with Crippen molar-refractivity contribution in [2.75, 3.05) is 0 Å². The van der Waals surface area contributed by atoms with Crippen LogP contribution in [0.4, 0.5) is 0 Å². The molecule has 0 unspecified atom stereocenters. The summed E-state index contributed by atoms with van der Waals surface area (Å²) in [5.41, 5.74) is 16.1. The van der Waals surface area contributed by atoms with E-state index in [4.69, 9.17) is 0 Å². The topological polar surface area (TPSA) is 0 Å². The lowest BCUT2D eigenvalue weighted by atomic mass is 9.72. The predicted octanol–water partition coefficient (Wildman–Crippen LogP) is 11.8. The van der Waals surface area contributed by atoms with Crippen LogP contribution in [0.2, 0.25) is 0 Å². The van der Waals surface area contributed by atoms with E-state index in [2.05, 4.69) is 173 Å². The quantitative estimate of drug-likeness (QED) is 0.187. The Morgan fingerprint density at radius 2 is 0.932 bits per heavy atom. The van der Waals surface area contributed by atoms with Gasteiger partial charge in [0.2, 0.25) is 0 Å². The highest BCUT2D eigenvalue weighted by Crippen LogP contribution is 2.60. The molecule has 0 radical (unpaired) electrons. The number of benzene rings is 6. The van der Waals surface area contributed by atoms with E-state index in [9.17, 15) is 0 Å². The maximum atomic E-state index is 2.46. The second-order valence-electron chi connectivity index (χ2n) is 13.4. The fourth-order valence-corrected chi connectivity index (χ4v) is 7.85. The number of fused-ring (bicyclic) bond motifs is 9. The van der Waals surface area contributed by atoms with Crippen molar-refractivity contribution in [1.82, 2.24) is 0 Å². The molecule has 44 heavy (non-hydrogen) atoms. The standard InChI is InChI=1S/C44H36/c1-43(2)38-27-31(20-19-29-13-7-5-8-14-29)22-24-34(38)36-25-26-37-40-35-18-12-11-17-33(35)32(23-21-30-15-9-6-10-16-30)28-39(40)44(3,4)42(37)41(36)43/h5-28H,1-4H3. The Hall–Kier alpha value is -4.94. The molecule has 2 aliphatic rings. The van der Waals surface area contributed by atoms with Gasteiger partial charge in [-0.15, -0.1) is 0 Å². The summed E-state index contributed by atoms with van der Waals surface area (Å²) in [5.74, 6) is 0. The molecule has 0 amide bonds. The van der Waals surface area contributed by atoms with Crippen LogP contribution in [0.25, 0.3) is 57.3 Å². The van der Waals surface area contributed by atoms with Crippen molar-refractivity contribution in [3.8, 4) is 22.3 Å². The van der Waals surface area contributed by atoms with Crippen molar-refractivity contribution < 1.29 is 0 Å². The van der Waals surface area contributed by atoms with Crippen LogP contribution < -0.4 is 0 Å². The smallest absolute Gasteiger partial charge is 0.0162 e. The fourth-order valence-electron chi connectivity index (χ4n) is 7.85. The SMILES string of the molecule is CC1(C)c2cc(C=Cc3ccccc3)ccc2-c2ccc3c(c21)C(C)(C)c1cc(C=Cc2ccccc2)c2ccccc2c1-3. The van der Waals surface area contributed by atoms with Gasteiger partial charge in [0.15, 0.2) is 0 Å². The van der Waals surface area contributed by atoms with E-state index in [1.165, 1.54) is 77.5 Å². The Kier molecular flexibility index (Phi) is 5.94. The molecule has 0 spiro atoms. The van der Waals surface area contributed by atoms with Crippen LogP contribution in [0, 0.1) is 0 Å². The van der Waals surface area contributed by atoms with Crippen molar-refractivity contribution in [3.63, 3.8) is 0 Å². The van der Waals surface area contributed by atoms with Crippen LogP contribution in [-0.4, -0.2) is 0 Å². The summed E-state index contributed by atoms with van der Waals surface area (Å²) in [6.45, 7) is 9.72. The summed E-state index contributed by atoms with van der Waals surface area (Å²) >= 11 is 0. The van der Waals surface area contributed by atoms with Gasteiger partial charge < -0.3 is 0 Å². The molecular formula is C44H36. The average molecular weight is 565 g/mol. The molecular weight excluding hydrogens is 528 g/mol. The van der Waals surface area contributed by atoms with Crippen molar-refractivity contribution in [2.24, 2.45) is 0 Å². The first-order valence-electron chi connectivity index (χ1n) is 15.7. The molecule has 0 heteroatoms. The molecule has 212 valence electrons. The van der Waals surface area contributed by atoms with Gasteiger partial charge in [-0.3, -0.25) is 0 Å². The van der Waals surface area contributed by atoms with Gasteiger partial charge in [0.05, 0.1) is 0 Å². The van der Waals surface area contributed by atoms with Crippen molar-refractivity contribution in [1.29, 1.82) is 0 Å². The summed E-state index contributed by atoms with van der Waals surface area (Å²) in [5, 5.41) is 2.64.